The molecule has 1 unspecified atom stereocenters. The van der Waals surface area contributed by atoms with Crippen molar-refractivity contribution in [1.82, 2.24) is 14.8 Å². The van der Waals surface area contributed by atoms with Gasteiger partial charge in [0.05, 0.1) is 22.3 Å². The third-order valence-corrected chi connectivity index (χ3v) is 4.43. The fraction of sp³-hybridized carbons (Fsp3) is 0.278. The Morgan fingerprint density at radius 2 is 2.00 bits per heavy atom. The number of carbonyl (C=O) groups is 1. The zero-order valence-corrected chi connectivity index (χ0v) is 14.5. The van der Waals surface area contributed by atoms with E-state index in [2.05, 4.69) is 11.9 Å². The molecule has 0 aliphatic heterocycles. The monoisotopic (exact) mass is 343 g/mol. The molecule has 1 N–H and O–H groups in total. The molecule has 3 aromatic rings. The van der Waals surface area contributed by atoms with E-state index in [-0.39, 0.29) is 11.5 Å². The van der Waals surface area contributed by atoms with Gasteiger partial charge in [-0.2, -0.15) is 5.10 Å². The lowest BCUT2D eigenvalue weighted by Gasteiger charge is -2.06. The lowest BCUT2D eigenvalue weighted by atomic mass is 9.99. The summed E-state index contributed by atoms with van der Waals surface area (Å²) < 4.78 is 1.70. The van der Waals surface area contributed by atoms with E-state index in [1.807, 2.05) is 19.1 Å². The minimum atomic E-state index is -0.967. The molecule has 5 nitrogen and oxygen atoms in total. The second-order valence-electron chi connectivity index (χ2n) is 5.90. The first-order valence-electron chi connectivity index (χ1n) is 7.81. The minimum Gasteiger partial charge on any atom is -0.478 e. The van der Waals surface area contributed by atoms with Gasteiger partial charge in [0.1, 0.15) is 0 Å². The van der Waals surface area contributed by atoms with Gasteiger partial charge in [0.2, 0.25) is 0 Å². The molecule has 0 amide bonds. The molecule has 2 aromatic heterocycles. The van der Waals surface area contributed by atoms with Crippen LogP contribution in [0.15, 0.2) is 30.3 Å². The van der Waals surface area contributed by atoms with Gasteiger partial charge in [-0.05, 0) is 43.7 Å². The van der Waals surface area contributed by atoms with Crippen molar-refractivity contribution in [3.05, 3.63) is 52.3 Å². The molecule has 0 aliphatic rings. The molecule has 0 radical (unpaired) electrons. The van der Waals surface area contributed by atoms with E-state index in [4.69, 9.17) is 16.7 Å². The summed E-state index contributed by atoms with van der Waals surface area (Å²) >= 11 is 5.96. The number of carboxylic acid groups (broad SMARTS) is 1. The Kier molecular flexibility index (Phi) is 4.28. The maximum atomic E-state index is 11.7. The van der Waals surface area contributed by atoms with Gasteiger partial charge >= 0.3 is 5.97 Å². The van der Waals surface area contributed by atoms with Crippen LogP contribution in [0.3, 0.4) is 0 Å². The van der Waals surface area contributed by atoms with E-state index in [0.717, 1.165) is 17.8 Å². The van der Waals surface area contributed by atoms with Gasteiger partial charge in [-0.25, -0.2) is 14.5 Å². The van der Waals surface area contributed by atoms with Crippen LogP contribution in [0.4, 0.5) is 0 Å². The zero-order valence-electron chi connectivity index (χ0n) is 13.7. The van der Waals surface area contributed by atoms with Crippen molar-refractivity contribution < 1.29 is 9.90 Å². The molecule has 0 saturated heterocycles. The van der Waals surface area contributed by atoms with Crippen LogP contribution in [-0.2, 0) is 0 Å². The van der Waals surface area contributed by atoms with E-state index in [1.54, 1.807) is 29.8 Å². The molecule has 124 valence electrons. The molecule has 0 aliphatic carbocycles. The van der Waals surface area contributed by atoms with Crippen molar-refractivity contribution in [3.8, 4) is 5.69 Å². The molecule has 3 rings (SSSR count). The number of aromatic carboxylic acids is 1. The maximum absolute atomic E-state index is 11.7. The normalized spacial score (nSPS) is 12.5. The van der Waals surface area contributed by atoms with E-state index in [1.165, 1.54) is 0 Å². The van der Waals surface area contributed by atoms with Crippen LogP contribution < -0.4 is 0 Å². The van der Waals surface area contributed by atoms with Gasteiger partial charge in [-0.3, -0.25) is 0 Å². The van der Waals surface area contributed by atoms with Crippen molar-refractivity contribution in [3.63, 3.8) is 0 Å². The fourth-order valence-corrected chi connectivity index (χ4v) is 2.86. The molecule has 1 atom stereocenters. The van der Waals surface area contributed by atoms with Gasteiger partial charge in [-0.1, -0.05) is 25.4 Å². The van der Waals surface area contributed by atoms with Gasteiger partial charge in [0, 0.05) is 16.6 Å². The predicted molar refractivity (Wildman–Crippen MR) is 94.3 cm³/mol. The lowest BCUT2D eigenvalue weighted by Crippen LogP contribution is -2.02. The van der Waals surface area contributed by atoms with Crippen molar-refractivity contribution in [1.29, 1.82) is 0 Å². The molecular weight excluding hydrogens is 326 g/mol. The standard InChI is InChI=1S/C18H18ClN3O2/c1-4-10(2)16-15-14(18(23)24)9-11(3)20-17(15)22(21-16)13-7-5-12(19)6-8-13/h5-10H,4H2,1-3H3,(H,23,24). The SMILES string of the molecule is CCC(C)c1nn(-c2ccc(Cl)cc2)c2nc(C)cc(C(=O)O)c12. The maximum Gasteiger partial charge on any atom is 0.336 e. The average Bonchev–Trinajstić information content (AvgIpc) is 2.93. The minimum absolute atomic E-state index is 0.128. The molecule has 0 saturated carbocycles. The molecule has 0 spiro atoms. The first-order valence-corrected chi connectivity index (χ1v) is 8.19. The number of fused-ring (bicyclic) bond motifs is 1. The third-order valence-electron chi connectivity index (χ3n) is 4.17. The molecule has 1 aromatic carbocycles. The molecule has 0 fully saturated rings. The summed E-state index contributed by atoms with van der Waals surface area (Å²) in [6.07, 6.45) is 0.861. The van der Waals surface area contributed by atoms with Crippen LogP contribution in [0.1, 0.15) is 47.9 Å². The highest BCUT2D eigenvalue weighted by Gasteiger charge is 2.23. The topological polar surface area (TPSA) is 68.0 Å². The summed E-state index contributed by atoms with van der Waals surface area (Å²) in [4.78, 5) is 16.3. The van der Waals surface area contributed by atoms with Gasteiger partial charge in [0.15, 0.2) is 5.65 Å². The molecule has 0 bridgehead atoms. The van der Waals surface area contributed by atoms with Crippen LogP contribution in [0, 0.1) is 6.92 Å². The number of rotatable bonds is 4. The van der Waals surface area contributed by atoms with Gasteiger partial charge in [0.25, 0.3) is 0 Å². The van der Waals surface area contributed by atoms with E-state index in [0.29, 0.717) is 21.7 Å². The summed E-state index contributed by atoms with van der Waals surface area (Å²) in [5, 5.41) is 15.6. The number of nitrogens with zero attached hydrogens (tertiary/aromatic N) is 3. The number of aromatic nitrogens is 3. The Labute approximate surface area is 144 Å². The van der Waals surface area contributed by atoms with Crippen LogP contribution in [0.25, 0.3) is 16.7 Å². The molecular formula is C18H18ClN3O2. The average molecular weight is 344 g/mol. The summed E-state index contributed by atoms with van der Waals surface area (Å²) in [6.45, 7) is 5.88. The highest BCUT2D eigenvalue weighted by Crippen LogP contribution is 2.31. The van der Waals surface area contributed by atoms with E-state index in [9.17, 15) is 9.90 Å². The molecule has 24 heavy (non-hydrogen) atoms. The Bertz CT molecular complexity index is 916. The van der Waals surface area contributed by atoms with Crippen molar-refractivity contribution in [2.24, 2.45) is 0 Å². The number of halogens is 1. The summed E-state index contributed by atoms with van der Waals surface area (Å²) in [5.74, 6) is -0.839. The summed E-state index contributed by atoms with van der Waals surface area (Å²) in [7, 11) is 0. The Balaban J connectivity index is 2.38. The van der Waals surface area contributed by atoms with Crippen molar-refractivity contribution in [2.45, 2.75) is 33.1 Å². The van der Waals surface area contributed by atoms with Crippen molar-refractivity contribution >= 4 is 28.6 Å². The highest BCUT2D eigenvalue weighted by molar-refractivity contribution is 6.30. The second kappa shape index (κ2) is 6.24. The van der Waals surface area contributed by atoms with Crippen LogP contribution in [0.5, 0.6) is 0 Å². The Hall–Kier alpha value is -2.40. The highest BCUT2D eigenvalue weighted by atomic mass is 35.5. The van der Waals surface area contributed by atoms with Gasteiger partial charge in [-0.15, -0.1) is 0 Å². The number of pyridine rings is 1. The third kappa shape index (κ3) is 2.76. The van der Waals surface area contributed by atoms with Gasteiger partial charge < -0.3 is 5.11 Å². The largest absolute Gasteiger partial charge is 0.478 e. The first-order chi connectivity index (χ1) is 11.4. The number of carboxylic acids is 1. The number of benzene rings is 1. The number of hydrogen-bond acceptors (Lipinski definition) is 3. The van der Waals surface area contributed by atoms with Crippen molar-refractivity contribution in [2.75, 3.05) is 0 Å². The predicted octanol–water partition coefficient (Wildman–Crippen LogP) is 4.59. The van der Waals surface area contributed by atoms with Crippen LogP contribution in [-0.4, -0.2) is 25.8 Å². The lowest BCUT2D eigenvalue weighted by molar-refractivity contribution is 0.0698. The second-order valence-corrected chi connectivity index (χ2v) is 6.33. The van der Waals surface area contributed by atoms with E-state index < -0.39 is 5.97 Å². The zero-order chi connectivity index (χ0) is 17.4. The quantitative estimate of drug-likeness (QED) is 0.752. The summed E-state index contributed by atoms with van der Waals surface area (Å²) in [6, 6.07) is 8.85. The molecule has 6 heteroatoms. The number of aryl methyl sites for hydroxylation is 1. The summed E-state index contributed by atoms with van der Waals surface area (Å²) in [5.41, 5.74) is 3.00. The van der Waals surface area contributed by atoms with Crippen LogP contribution in [0.2, 0.25) is 5.02 Å². The number of hydrogen-bond donors (Lipinski definition) is 1. The van der Waals surface area contributed by atoms with Crippen LogP contribution >= 0.6 is 11.6 Å². The first kappa shape index (κ1) is 16.5. The fourth-order valence-electron chi connectivity index (χ4n) is 2.74. The Morgan fingerprint density at radius 1 is 1.33 bits per heavy atom. The van der Waals surface area contributed by atoms with E-state index >= 15 is 0 Å². The molecule has 2 heterocycles. The Morgan fingerprint density at radius 3 is 2.58 bits per heavy atom. The smallest absolute Gasteiger partial charge is 0.336 e.